The molecule has 1 aliphatic heterocycles. The monoisotopic (exact) mass is 483 g/mol. The number of aromatic nitrogens is 4. The number of hydrogen-bond donors (Lipinski definition) is 1. The van der Waals surface area contributed by atoms with Gasteiger partial charge in [0.25, 0.3) is 0 Å². The molecular weight excluding hydrogens is 446 g/mol. The minimum atomic E-state index is -1.93. The van der Waals surface area contributed by atoms with E-state index in [4.69, 9.17) is 23.7 Å². The molecule has 0 aromatic carbocycles. The lowest BCUT2D eigenvalue weighted by Gasteiger charge is -2.34. The molecular formula is C19H37N5O4Si3. The van der Waals surface area contributed by atoms with Gasteiger partial charge in [-0.25, -0.2) is 15.0 Å². The Morgan fingerprint density at radius 3 is 2.10 bits per heavy atom. The molecule has 2 aromatic heterocycles. The van der Waals surface area contributed by atoms with Crippen molar-refractivity contribution < 1.29 is 18.0 Å². The van der Waals surface area contributed by atoms with Gasteiger partial charge in [-0.3, -0.25) is 4.57 Å². The Morgan fingerprint density at radius 2 is 1.52 bits per heavy atom. The highest BCUT2D eigenvalue weighted by Gasteiger charge is 2.50. The van der Waals surface area contributed by atoms with Crippen LogP contribution < -0.4 is 5.73 Å². The number of rotatable bonds is 8. The zero-order chi connectivity index (χ0) is 23.2. The molecule has 0 saturated carbocycles. The van der Waals surface area contributed by atoms with Gasteiger partial charge in [-0.15, -0.1) is 0 Å². The number of anilines is 1. The van der Waals surface area contributed by atoms with Gasteiger partial charge in [0.2, 0.25) is 0 Å². The summed E-state index contributed by atoms with van der Waals surface area (Å²) in [5.41, 5.74) is 7.19. The van der Waals surface area contributed by atoms with Crippen LogP contribution >= 0.6 is 0 Å². The minimum Gasteiger partial charge on any atom is -0.415 e. The highest BCUT2D eigenvalue weighted by molar-refractivity contribution is 6.70. The largest absolute Gasteiger partial charge is 0.415 e. The Kier molecular flexibility index (Phi) is 6.83. The fraction of sp³-hybridized carbons (Fsp3) is 0.737. The van der Waals surface area contributed by atoms with E-state index in [0.717, 1.165) is 0 Å². The molecule has 3 rings (SSSR count). The van der Waals surface area contributed by atoms with E-state index in [9.17, 15) is 0 Å². The van der Waals surface area contributed by atoms with Gasteiger partial charge in [0.1, 0.15) is 30.2 Å². The average molecular weight is 484 g/mol. The summed E-state index contributed by atoms with van der Waals surface area (Å²) in [4.78, 5) is 12.9. The fourth-order valence-corrected chi connectivity index (χ4v) is 6.37. The van der Waals surface area contributed by atoms with Crippen LogP contribution in [0.5, 0.6) is 0 Å². The Bertz CT molecular complexity index is 907. The third-order valence-corrected chi connectivity index (χ3v) is 7.60. The van der Waals surface area contributed by atoms with Crippen LogP contribution in [0.1, 0.15) is 6.23 Å². The maximum absolute atomic E-state index is 6.68. The second kappa shape index (κ2) is 8.65. The van der Waals surface area contributed by atoms with E-state index >= 15 is 0 Å². The van der Waals surface area contributed by atoms with Crippen molar-refractivity contribution in [2.45, 2.75) is 83.5 Å². The highest BCUT2D eigenvalue weighted by atomic mass is 28.4. The normalized spacial score (nSPS) is 25.5. The van der Waals surface area contributed by atoms with E-state index in [1.165, 1.54) is 6.33 Å². The van der Waals surface area contributed by atoms with E-state index in [0.29, 0.717) is 23.6 Å². The van der Waals surface area contributed by atoms with Gasteiger partial charge in [0.15, 0.2) is 42.6 Å². The topological polar surface area (TPSA) is 107 Å². The van der Waals surface area contributed by atoms with Crippen LogP contribution in [0.25, 0.3) is 11.2 Å². The molecule has 0 bridgehead atoms. The van der Waals surface area contributed by atoms with Crippen molar-refractivity contribution in [2.24, 2.45) is 0 Å². The first-order chi connectivity index (χ1) is 14.1. The van der Waals surface area contributed by atoms with Gasteiger partial charge < -0.3 is 23.7 Å². The summed E-state index contributed by atoms with van der Waals surface area (Å²) >= 11 is 0. The summed E-state index contributed by atoms with van der Waals surface area (Å²) in [6.07, 6.45) is 1.91. The molecule has 0 spiro atoms. The van der Waals surface area contributed by atoms with Crippen molar-refractivity contribution in [3.05, 3.63) is 12.7 Å². The quantitative estimate of drug-likeness (QED) is 0.568. The lowest BCUT2D eigenvalue weighted by Crippen LogP contribution is -2.48. The van der Waals surface area contributed by atoms with Crippen molar-refractivity contribution in [3.8, 4) is 0 Å². The first kappa shape index (κ1) is 24.5. The molecule has 0 radical (unpaired) electrons. The number of fused-ring (bicyclic) bond motifs is 1. The third kappa shape index (κ3) is 6.21. The van der Waals surface area contributed by atoms with Gasteiger partial charge in [0.05, 0.1) is 12.9 Å². The molecule has 9 nitrogen and oxygen atoms in total. The summed E-state index contributed by atoms with van der Waals surface area (Å²) in [5.74, 6) is 0.345. The molecule has 1 fully saturated rings. The number of nitrogens with two attached hydrogens (primary N) is 1. The van der Waals surface area contributed by atoms with E-state index in [1.807, 2.05) is 4.57 Å². The summed E-state index contributed by atoms with van der Waals surface area (Å²) in [5, 5.41) is 0. The zero-order valence-electron chi connectivity index (χ0n) is 20.2. The van der Waals surface area contributed by atoms with Crippen LogP contribution in [0.15, 0.2) is 12.7 Å². The molecule has 3 heterocycles. The predicted molar refractivity (Wildman–Crippen MR) is 129 cm³/mol. The van der Waals surface area contributed by atoms with Gasteiger partial charge in [-0.05, 0) is 58.9 Å². The summed E-state index contributed by atoms with van der Waals surface area (Å²) in [6, 6.07) is 0. The van der Waals surface area contributed by atoms with Crippen LogP contribution in [0.4, 0.5) is 5.82 Å². The number of hydrogen-bond acceptors (Lipinski definition) is 8. The molecule has 12 heteroatoms. The van der Waals surface area contributed by atoms with E-state index in [-0.39, 0.29) is 18.3 Å². The fourth-order valence-electron chi connectivity index (χ4n) is 3.54. The molecule has 0 aliphatic carbocycles. The van der Waals surface area contributed by atoms with Crippen LogP contribution in [0.2, 0.25) is 58.9 Å². The van der Waals surface area contributed by atoms with Crippen molar-refractivity contribution in [1.29, 1.82) is 0 Å². The Labute approximate surface area is 188 Å². The summed E-state index contributed by atoms with van der Waals surface area (Å²) in [6.45, 7) is 20.1. The molecule has 2 N–H and O–H groups in total. The van der Waals surface area contributed by atoms with Crippen molar-refractivity contribution in [1.82, 2.24) is 19.5 Å². The zero-order valence-corrected chi connectivity index (χ0v) is 23.2. The van der Waals surface area contributed by atoms with Gasteiger partial charge in [-0.2, -0.15) is 0 Å². The molecule has 0 amide bonds. The number of imidazole rings is 1. The molecule has 4 atom stereocenters. The summed E-state index contributed by atoms with van der Waals surface area (Å²) in [7, 11) is -5.56. The molecule has 1 saturated heterocycles. The van der Waals surface area contributed by atoms with Gasteiger partial charge in [-0.1, -0.05) is 0 Å². The average Bonchev–Trinajstić information content (AvgIpc) is 3.13. The van der Waals surface area contributed by atoms with Crippen LogP contribution in [0, 0.1) is 0 Å². The van der Waals surface area contributed by atoms with Crippen LogP contribution in [0.3, 0.4) is 0 Å². The highest BCUT2D eigenvalue weighted by Crippen LogP contribution is 2.38. The van der Waals surface area contributed by atoms with E-state index in [1.54, 1.807) is 6.33 Å². The standard InChI is InChI=1S/C19H37N5O4Si3/c1-29(2,3)25-10-13-15(27-30(4,5)6)16(28-31(7,8)9)19(26-13)24-12-23-14-17(20)21-11-22-18(14)24/h11-13,15-16,19H,10H2,1-9H3,(H2,20,21,22)/t13-,15-,16-,19?/m0/s1. The molecule has 2 aromatic rings. The van der Waals surface area contributed by atoms with Crippen LogP contribution in [-0.4, -0.2) is 69.4 Å². The first-order valence-corrected chi connectivity index (χ1v) is 21.0. The second-order valence-electron chi connectivity index (χ2n) is 11.0. The Morgan fingerprint density at radius 1 is 0.903 bits per heavy atom. The van der Waals surface area contributed by atoms with Gasteiger partial charge in [0, 0.05) is 0 Å². The molecule has 31 heavy (non-hydrogen) atoms. The maximum atomic E-state index is 6.68. The maximum Gasteiger partial charge on any atom is 0.184 e. The SMILES string of the molecule is C[Si](C)(C)OC[C@@H]1OC(n2cnc3c(N)ncnc32)[C@@H](O[Si](C)(C)C)[C@H]1O[Si](C)(C)C. The lowest BCUT2D eigenvalue weighted by atomic mass is 10.1. The Hall–Kier alpha value is -1.16. The van der Waals surface area contributed by atoms with Crippen molar-refractivity contribution in [3.63, 3.8) is 0 Å². The number of ether oxygens (including phenoxy) is 1. The second-order valence-corrected chi connectivity index (χ2v) is 24.4. The van der Waals surface area contributed by atoms with E-state index in [2.05, 4.69) is 73.9 Å². The number of nitrogens with zero attached hydrogens (tertiary/aromatic N) is 4. The lowest BCUT2D eigenvalue weighted by molar-refractivity contribution is -0.0457. The Balaban J connectivity index is 2.03. The molecule has 1 unspecified atom stereocenters. The predicted octanol–water partition coefficient (Wildman–Crippen LogP) is 3.60. The van der Waals surface area contributed by atoms with Crippen LogP contribution in [-0.2, 0) is 18.0 Å². The minimum absolute atomic E-state index is 0.239. The molecule has 174 valence electrons. The van der Waals surface area contributed by atoms with E-state index < -0.39 is 31.2 Å². The summed E-state index contributed by atoms with van der Waals surface area (Å²) < 4.78 is 28.1. The molecule has 1 aliphatic rings. The van der Waals surface area contributed by atoms with Gasteiger partial charge >= 0.3 is 0 Å². The number of nitrogen functional groups attached to an aromatic ring is 1. The first-order valence-electron chi connectivity index (χ1n) is 10.7. The van der Waals surface area contributed by atoms with Crippen molar-refractivity contribution in [2.75, 3.05) is 12.3 Å². The van der Waals surface area contributed by atoms with Crippen molar-refractivity contribution >= 4 is 41.9 Å². The smallest absolute Gasteiger partial charge is 0.184 e. The third-order valence-electron chi connectivity index (χ3n) is 4.61.